The van der Waals surface area contributed by atoms with Gasteiger partial charge in [-0.25, -0.2) is 5.43 Å². The zero-order valence-corrected chi connectivity index (χ0v) is 9.66. The third-order valence-corrected chi connectivity index (χ3v) is 2.77. The lowest BCUT2D eigenvalue weighted by Crippen LogP contribution is -2.28. The Balaban J connectivity index is 2.40. The Labute approximate surface area is 99.2 Å². The predicted molar refractivity (Wildman–Crippen MR) is 64.1 cm³/mol. The molecule has 1 atom stereocenters. The summed E-state index contributed by atoms with van der Waals surface area (Å²) in [6, 6.07) is 11.1. The molecule has 16 heavy (non-hydrogen) atoms. The van der Waals surface area contributed by atoms with Gasteiger partial charge >= 0.3 is 0 Å². The molecule has 2 aromatic rings. The van der Waals surface area contributed by atoms with Crippen LogP contribution >= 0.6 is 11.6 Å². The summed E-state index contributed by atoms with van der Waals surface area (Å²) in [5.41, 5.74) is 3.61. The van der Waals surface area contributed by atoms with Crippen molar-refractivity contribution >= 4 is 11.6 Å². The number of benzene rings is 1. The lowest BCUT2D eigenvalue weighted by molar-refractivity contribution is 0.435. The molecular formula is C12H13ClN2O. The smallest absolute Gasteiger partial charge is 0.126 e. The van der Waals surface area contributed by atoms with Crippen LogP contribution < -0.4 is 11.3 Å². The van der Waals surface area contributed by atoms with Gasteiger partial charge in [-0.2, -0.15) is 0 Å². The number of aryl methyl sites for hydroxylation is 1. The molecule has 1 unspecified atom stereocenters. The van der Waals surface area contributed by atoms with Gasteiger partial charge < -0.3 is 4.42 Å². The molecule has 84 valence electrons. The topological polar surface area (TPSA) is 51.2 Å². The van der Waals surface area contributed by atoms with Crippen molar-refractivity contribution in [3.8, 4) is 0 Å². The van der Waals surface area contributed by atoms with Gasteiger partial charge in [-0.15, -0.1) is 0 Å². The molecule has 1 heterocycles. The molecule has 0 aliphatic rings. The molecule has 0 fully saturated rings. The molecule has 2 rings (SSSR count). The van der Waals surface area contributed by atoms with E-state index < -0.39 is 0 Å². The van der Waals surface area contributed by atoms with Crippen molar-refractivity contribution in [2.45, 2.75) is 13.0 Å². The average molecular weight is 237 g/mol. The third-order valence-electron chi connectivity index (χ3n) is 2.43. The number of nitrogens with two attached hydrogens (primary N) is 1. The van der Waals surface area contributed by atoms with Crippen LogP contribution in [0, 0.1) is 6.92 Å². The highest BCUT2D eigenvalue weighted by Gasteiger charge is 2.18. The van der Waals surface area contributed by atoms with Crippen LogP contribution in [0.2, 0.25) is 5.02 Å². The first-order chi connectivity index (χ1) is 7.72. The summed E-state index contributed by atoms with van der Waals surface area (Å²) in [7, 11) is 0. The molecule has 3 N–H and O–H groups in total. The van der Waals surface area contributed by atoms with Crippen LogP contribution in [0.3, 0.4) is 0 Å². The highest BCUT2D eigenvalue weighted by molar-refractivity contribution is 6.31. The van der Waals surface area contributed by atoms with Crippen LogP contribution in [-0.4, -0.2) is 0 Å². The van der Waals surface area contributed by atoms with E-state index in [1.807, 2.05) is 43.3 Å². The minimum Gasteiger partial charge on any atom is -0.464 e. The zero-order valence-electron chi connectivity index (χ0n) is 8.91. The quantitative estimate of drug-likeness (QED) is 0.637. The van der Waals surface area contributed by atoms with Gasteiger partial charge in [-0.05, 0) is 30.7 Å². The minimum absolute atomic E-state index is 0.220. The Bertz CT molecular complexity index is 481. The molecule has 3 nitrogen and oxygen atoms in total. The van der Waals surface area contributed by atoms with Crippen molar-refractivity contribution in [2.24, 2.45) is 5.84 Å². The van der Waals surface area contributed by atoms with Gasteiger partial charge in [0.2, 0.25) is 0 Å². The van der Waals surface area contributed by atoms with Crippen LogP contribution in [0.4, 0.5) is 0 Å². The first kappa shape index (κ1) is 11.2. The third kappa shape index (κ3) is 2.11. The van der Waals surface area contributed by atoms with Crippen LogP contribution in [-0.2, 0) is 0 Å². The number of furan rings is 1. The summed E-state index contributed by atoms with van der Waals surface area (Å²) in [5, 5.41) is 0.666. The Morgan fingerprint density at radius 1 is 1.25 bits per heavy atom. The summed E-state index contributed by atoms with van der Waals surface area (Å²) < 4.78 is 5.54. The summed E-state index contributed by atoms with van der Waals surface area (Å²) in [6.45, 7) is 1.89. The highest BCUT2D eigenvalue weighted by Crippen LogP contribution is 2.28. The van der Waals surface area contributed by atoms with Crippen molar-refractivity contribution in [2.75, 3.05) is 0 Å². The van der Waals surface area contributed by atoms with Crippen LogP contribution in [0.1, 0.15) is 23.1 Å². The van der Waals surface area contributed by atoms with E-state index in [4.69, 9.17) is 21.9 Å². The average Bonchev–Trinajstić information content (AvgIpc) is 2.69. The van der Waals surface area contributed by atoms with Crippen LogP contribution in [0.25, 0.3) is 0 Å². The second-order valence-electron chi connectivity index (χ2n) is 3.57. The van der Waals surface area contributed by atoms with Crippen molar-refractivity contribution in [1.29, 1.82) is 0 Å². The molecule has 1 aromatic heterocycles. The fraction of sp³-hybridized carbons (Fsp3) is 0.167. The molecule has 1 aromatic carbocycles. The maximum atomic E-state index is 6.12. The van der Waals surface area contributed by atoms with Gasteiger partial charge in [0.1, 0.15) is 17.6 Å². The van der Waals surface area contributed by atoms with Gasteiger partial charge in [0, 0.05) is 5.02 Å². The second-order valence-corrected chi connectivity index (χ2v) is 3.98. The number of hydrazine groups is 1. The molecule has 0 radical (unpaired) electrons. The molecule has 4 heteroatoms. The van der Waals surface area contributed by atoms with E-state index in [2.05, 4.69) is 5.43 Å². The summed E-state index contributed by atoms with van der Waals surface area (Å²) in [4.78, 5) is 0. The lowest BCUT2D eigenvalue weighted by atomic mass is 10.1. The van der Waals surface area contributed by atoms with E-state index >= 15 is 0 Å². The number of rotatable bonds is 3. The Morgan fingerprint density at radius 3 is 2.56 bits per heavy atom. The Morgan fingerprint density at radius 2 is 2.00 bits per heavy atom. The van der Waals surface area contributed by atoms with Gasteiger partial charge in [-0.1, -0.05) is 29.8 Å². The van der Waals surface area contributed by atoms with Crippen LogP contribution in [0.5, 0.6) is 0 Å². The monoisotopic (exact) mass is 236 g/mol. The molecule has 0 spiro atoms. The maximum absolute atomic E-state index is 6.12. The molecule has 0 aliphatic heterocycles. The maximum Gasteiger partial charge on any atom is 0.126 e. The number of hydrogen-bond donors (Lipinski definition) is 2. The first-order valence-electron chi connectivity index (χ1n) is 4.99. The first-order valence-corrected chi connectivity index (χ1v) is 5.37. The molecule has 0 bridgehead atoms. The summed E-state index contributed by atoms with van der Waals surface area (Å²) in [6.07, 6.45) is 0. The summed E-state index contributed by atoms with van der Waals surface area (Å²) >= 11 is 6.12. The molecular weight excluding hydrogens is 224 g/mol. The van der Waals surface area contributed by atoms with Crippen molar-refractivity contribution in [3.63, 3.8) is 0 Å². The summed E-state index contributed by atoms with van der Waals surface area (Å²) in [5.74, 6) is 7.15. The van der Waals surface area contributed by atoms with Gasteiger partial charge in [0.25, 0.3) is 0 Å². The van der Waals surface area contributed by atoms with Gasteiger partial charge in [-0.3, -0.25) is 5.84 Å². The number of nitrogens with one attached hydrogen (secondary N) is 1. The van der Waals surface area contributed by atoms with E-state index in [0.29, 0.717) is 5.02 Å². The van der Waals surface area contributed by atoms with E-state index in [0.717, 1.165) is 17.1 Å². The van der Waals surface area contributed by atoms with Gasteiger partial charge in [0.05, 0.1) is 0 Å². The van der Waals surface area contributed by atoms with Crippen molar-refractivity contribution in [3.05, 3.63) is 58.5 Å². The van der Waals surface area contributed by atoms with Crippen molar-refractivity contribution in [1.82, 2.24) is 5.43 Å². The fourth-order valence-corrected chi connectivity index (χ4v) is 1.89. The normalized spacial score (nSPS) is 12.7. The van der Waals surface area contributed by atoms with Crippen molar-refractivity contribution < 1.29 is 4.42 Å². The fourth-order valence-electron chi connectivity index (χ4n) is 1.64. The largest absolute Gasteiger partial charge is 0.464 e. The molecule has 0 aliphatic carbocycles. The second kappa shape index (κ2) is 4.70. The number of hydrogen-bond acceptors (Lipinski definition) is 3. The van der Waals surface area contributed by atoms with Gasteiger partial charge in [0.15, 0.2) is 0 Å². The number of halogens is 1. The molecule has 0 amide bonds. The van der Waals surface area contributed by atoms with Crippen LogP contribution in [0.15, 0.2) is 40.8 Å². The Kier molecular flexibility index (Phi) is 3.29. The Hall–Kier alpha value is -1.29. The highest BCUT2D eigenvalue weighted by atomic mass is 35.5. The zero-order chi connectivity index (χ0) is 11.5. The van der Waals surface area contributed by atoms with E-state index in [1.165, 1.54) is 0 Å². The van der Waals surface area contributed by atoms with E-state index in [9.17, 15) is 0 Å². The SMILES string of the molecule is Cc1ccc(C(NN)c2ccccc2Cl)o1. The van der Waals surface area contributed by atoms with E-state index in [1.54, 1.807) is 0 Å². The molecule has 0 saturated heterocycles. The lowest BCUT2D eigenvalue weighted by Gasteiger charge is -2.15. The predicted octanol–water partition coefficient (Wildman–Crippen LogP) is 2.79. The standard InChI is InChI=1S/C12H13ClN2O/c1-8-6-7-11(16-8)12(15-14)9-4-2-3-5-10(9)13/h2-7,12,15H,14H2,1H3. The molecule has 0 saturated carbocycles. The van der Waals surface area contributed by atoms with E-state index in [-0.39, 0.29) is 6.04 Å². The minimum atomic E-state index is -0.220.